The van der Waals surface area contributed by atoms with Crippen molar-refractivity contribution in [1.29, 1.82) is 0 Å². The fraction of sp³-hybridized carbons (Fsp3) is 0.111. The topological polar surface area (TPSA) is 97.8 Å². The molecule has 7 heteroatoms. The lowest BCUT2D eigenvalue weighted by Crippen LogP contribution is -1.94. The van der Waals surface area contributed by atoms with Gasteiger partial charge in [-0.05, 0) is 41.5 Å². The summed E-state index contributed by atoms with van der Waals surface area (Å²) in [5, 5.41) is 26.7. The molecule has 25 heavy (non-hydrogen) atoms. The number of nitrogens with zero attached hydrogens (tertiary/aromatic N) is 2. The summed E-state index contributed by atoms with van der Waals surface area (Å²) in [6, 6.07) is 12.9. The van der Waals surface area contributed by atoms with Gasteiger partial charge < -0.3 is 15.2 Å². The maximum Gasteiger partial charge on any atom is 0.156 e. The van der Waals surface area contributed by atoms with Crippen molar-refractivity contribution in [1.82, 2.24) is 20.2 Å². The van der Waals surface area contributed by atoms with Crippen LogP contribution in [0.1, 0.15) is 11.1 Å². The highest BCUT2D eigenvalue weighted by Crippen LogP contribution is 2.26. The Balaban J connectivity index is 1.71. The maximum absolute atomic E-state index is 9.44. The van der Waals surface area contributed by atoms with Crippen LogP contribution < -0.4 is 0 Å². The summed E-state index contributed by atoms with van der Waals surface area (Å²) < 4.78 is 0. The van der Waals surface area contributed by atoms with Gasteiger partial charge in [0, 0.05) is 10.6 Å². The number of imidazole rings is 1. The Morgan fingerprint density at radius 2 is 1.80 bits per heavy atom. The van der Waals surface area contributed by atoms with Gasteiger partial charge >= 0.3 is 0 Å². The summed E-state index contributed by atoms with van der Waals surface area (Å²) in [7, 11) is 0. The number of H-pyrrole nitrogens is 2. The van der Waals surface area contributed by atoms with Gasteiger partial charge in [-0.3, -0.25) is 5.10 Å². The summed E-state index contributed by atoms with van der Waals surface area (Å²) in [6.07, 6.45) is 0. The molecular weight excluding hydrogens is 340 g/mol. The van der Waals surface area contributed by atoms with E-state index in [4.69, 9.17) is 11.6 Å². The molecule has 4 aromatic rings. The first kappa shape index (κ1) is 15.8. The van der Waals surface area contributed by atoms with Crippen molar-refractivity contribution in [3.63, 3.8) is 0 Å². The Morgan fingerprint density at radius 3 is 2.60 bits per heavy atom. The van der Waals surface area contributed by atoms with E-state index in [1.54, 1.807) is 12.1 Å². The largest absolute Gasteiger partial charge is 0.392 e. The molecule has 0 saturated heterocycles. The van der Waals surface area contributed by atoms with E-state index in [2.05, 4.69) is 20.2 Å². The van der Waals surface area contributed by atoms with E-state index in [1.165, 1.54) is 0 Å². The second-order valence-electron chi connectivity index (χ2n) is 5.71. The summed E-state index contributed by atoms with van der Waals surface area (Å²) in [4.78, 5) is 7.76. The van der Waals surface area contributed by atoms with Gasteiger partial charge in [0.25, 0.3) is 0 Å². The quantitative estimate of drug-likeness (QED) is 0.452. The predicted octanol–water partition coefficient (Wildman–Crippen LogP) is 3.26. The van der Waals surface area contributed by atoms with Crippen LogP contribution in [0.4, 0.5) is 0 Å². The molecule has 126 valence electrons. The van der Waals surface area contributed by atoms with Crippen LogP contribution in [0.2, 0.25) is 5.02 Å². The lowest BCUT2D eigenvalue weighted by Gasteiger charge is -2.06. The van der Waals surface area contributed by atoms with E-state index in [-0.39, 0.29) is 13.2 Å². The van der Waals surface area contributed by atoms with Crippen molar-refractivity contribution in [3.8, 4) is 22.8 Å². The highest BCUT2D eigenvalue weighted by Gasteiger charge is 2.11. The average molecular weight is 355 g/mol. The zero-order valence-corrected chi connectivity index (χ0v) is 13.9. The molecule has 0 spiro atoms. The monoisotopic (exact) mass is 354 g/mol. The molecule has 0 aliphatic rings. The van der Waals surface area contributed by atoms with Crippen molar-refractivity contribution in [2.75, 3.05) is 0 Å². The molecule has 0 fully saturated rings. The molecule has 0 amide bonds. The average Bonchev–Trinajstić information content (AvgIpc) is 3.27. The van der Waals surface area contributed by atoms with E-state index in [9.17, 15) is 10.2 Å². The molecule has 4 N–H and O–H groups in total. The molecule has 0 bridgehead atoms. The second-order valence-corrected chi connectivity index (χ2v) is 6.15. The van der Waals surface area contributed by atoms with Gasteiger partial charge in [0.15, 0.2) is 5.82 Å². The Hall–Kier alpha value is -2.67. The normalized spacial score (nSPS) is 11.3. The van der Waals surface area contributed by atoms with Crippen molar-refractivity contribution in [3.05, 3.63) is 58.6 Å². The Morgan fingerprint density at radius 1 is 0.960 bits per heavy atom. The molecule has 0 saturated carbocycles. The van der Waals surface area contributed by atoms with Crippen LogP contribution in [-0.4, -0.2) is 30.4 Å². The smallest absolute Gasteiger partial charge is 0.156 e. The van der Waals surface area contributed by atoms with Gasteiger partial charge in [0.05, 0.1) is 29.9 Å². The third-order valence-electron chi connectivity index (χ3n) is 4.12. The standard InChI is InChI=1S/C18H15ClN4O2/c19-13-3-4-14-16(6-13)21-18(20-14)17-7-15(22-23-17)10-1-2-11(8-24)12(5-10)9-25/h1-7,24-25H,8-9H2,(H,20,21)(H,22,23). The van der Waals surface area contributed by atoms with Crippen LogP contribution in [-0.2, 0) is 13.2 Å². The van der Waals surface area contributed by atoms with Crippen molar-refractivity contribution >= 4 is 22.6 Å². The third kappa shape index (κ3) is 2.91. The second kappa shape index (κ2) is 6.33. The zero-order valence-electron chi connectivity index (χ0n) is 13.1. The van der Waals surface area contributed by atoms with E-state index >= 15 is 0 Å². The molecule has 0 unspecified atom stereocenters. The molecule has 0 radical (unpaired) electrons. The highest BCUT2D eigenvalue weighted by molar-refractivity contribution is 6.31. The SMILES string of the molecule is OCc1ccc(-c2cc(-c3nc4cc(Cl)ccc4[nH]3)[nH]n2)cc1CO. The summed E-state index contributed by atoms with van der Waals surface area (Å²) in [5.41, 5.74) is 5.40. The van der Waals surface area contributed by atoms with Crippen LogP contribution in [0, 0.1) is 0 Å². The lowest BCUT2D eigenvalue weighted by atomic mass is 10.0. The van der Waals surface area contributed by atoms with Crippen LogP contribution in [0.15, 0.2) is 42.5 Å². The maximum atomic E-state index is 9.44. The van der Waals surface area contributed by atoms with Crippen molar-refractivity contribution in [2.24, 2.45) is 0 Å². The minimum Gasteiger partial charge on any atom is -0.392 e. The fourth-order valence-corrected chi connectivity index (χ4v) is 2.95. The van der Waals surface area contributed by atoms with Gasteiger partial charge in [-0.2, -0.15) is 5.10 Å². The van der Waals surface area contributed by atoms with E-state index in [0.717, 1.165) is 28.0 Å². The number of aromatic amines is 2. The Bertz CT molecular complexity index is 1050. The molecule has 2 aromatic heterocycles. The van der Waals surface area contributed by atoms with Gasteiger partial charge in [0.1, 0.15) is 5.69 Å². The number of fused-ring (bicyclic) bond motifs is 1. The van der Waals surface area contributed by atoms with Crippen LogP contribution in [0.25, 0.3) is 33.8 Å². The van der Waals surface area contributed by atoms with E-state index in [0.29, 0.717) is 22.0 Å². The number of halogens is 1. The van der Waals surface area contributed by atoms with Crippen LogP contribution in [0.5, 0.6) is 0 Å². The van der Waals surface area contributed by atoms with Crippen molar-refractivity contribution in [2.45, 2.75) is 13.2 Å². The predicted molar refractivity (Wildman–Crippen MR) is 96.0 cm³/mol. The minimum atomic E-state index is -0.134. The number of aromatic nitrogens is 4. The first-order valence-corrected chi connectivity index (χ1v) is 8.10. The molecule has 4 rings (SSSR count). The zero-order chi connectivity index (χ0) is 17.4. The molecule has 0 aliphatic carbocycles. The number of aliphatic hydroxyl groups excluding tert-OH is 2. The van der Waals surface area contributed by atoms with E-state index < -0.39 is 0 Å². The van der Waals surface area contributed by atoms with Gasteiger partial charge in [-0.25, -0.2) is 4.98 Å². The Labute approximate surface area is 148 Å². The van der Waals surface area contributed by atoms with Gasteiger partial charge in [-0.1, -0.05) is 23.7 Å². The third-order valence-corrected chi connectivity index (χ3v) is 4.36. The molecule has 2 heterocycles. The summed E-state index contributed by atoms with van der Waals surface area (Å²) in [5.74, 6) is 0.672. The summed E-state index contributed by atoms with van der Waals surface area (Å²) >= 11 is 6.00. The first-order chi connectivity index (χ1) is 12.2. The molecule has 0 aliphatic heterocycles. The number of nitrogens with one attached hydrogen (secondary N) is 2. The summed E-state index contributed by atoms with van der Waals surface area (Å²) in [6.45, 7) is -0.241. The van der Waals surface area contributed by atoms with Crippen molar-refractivity contribution < 1.29 is 10.2 Å². The molecule has 6 nitrogen and oxygen atoms in total. The van der Waals surface area contributed by atoms with Gasteiger partial charge in [0.2, 0.25) is 0 Å². The molecule has 2 aromatic carbocycles. The number of hydrogen-bond donors (Lipinski definition) is 4. The molecule has 0 atom stereocenters. The van der Waals surface area contributed by atoms with Crippen LogP contribution in [0.3, 0.4) is 0 Å². The van der Waals surface area contributed by atoms with E-state index in [1.807, 2.05) is 30.3 Å². The first-order valence-electron chi connectivity index (χ1n) is 7.73. The number of aliphatic hydroxyl groups is 2. The molecular formula is C18H15ClN4O2. The lowest BCUT2D eigenvalue weighted by molar-refractivity contribution is 0.260. The van der Waals surface area contributed by atoms with Crippen LogP contribution >= 0.6 is 11.6 Å². The van der Waals surface area contributed by atoms with Gasteiger partial charge in [-0.15, -0.1) is 0 Å². The number of rotatable bonds is 4. The fourth-order valence-electron chi connectivity index (χ4n) is 2.78. The Kier molecular flexibility index (Phi) is 4.01. The minimum absolute atomic E-state index is 0.108. The highest BCUT2D eigenvalue weighted by atomic mass is 35.5. The number of benzene rings is 2. The number of hydrogen-bond acceptors (Lipinski definition) is 4.